The van der Waals surface area contributed by atoms with Crippen molar-refractivity contribution in [1.82, 2.24) is 0 Å². The Labute approximate surface area is 152 Å². The zero-order valence-corrected chi connectivity index (χ0v) is 14.5. The molecule has 0 aliphatic rings. The molecule has 1 heteroatoms. The molecule has 0 aromatic heterocycles. The van der Waals surface area contributed by atoms with E-state index >= 15 is 0 Å². The van der Waals surface area contributed by atoms with E-state index in [1.54, 1.807) is 0 Å². The van der Waals surface area contributed by atoms with Crippen LogP contribution in [0.2, 0.25) is 0 Å². The number of thiol groups is 1. The first kappa shape index (κ1) is 14.6. The van der Waals surface area contributed by atoms with Crippen LogP contribution in [0.15, 0.2) is 95.9 Å². The quantitative estimate of drug-likeness (QED) is 0.245. The van der Waals surface area contributed by atoms with Crippen LogP contribution in [0.4, 0.5) is 0 Å². The Kier molecular flexibility index (Phi) is 3.29. The van der Waals surface area contributed by atoms with Crippen molar-refractivity contribution in [3.05, 3.63) is 91.0 Å². The average Bonchev–Trinajstić information content (AvgIpc) is 2.68. The zero-order valence-electron chi connectivity index (χ0n) is 13.6. The van der Waals surface area contributed by atoms with Crippen LogP contribution in [-0.2, 0) is 0 Å². The van der Waals surface area contributed by atoms with Gasteiger partial charge >= 0.3 is 0 Å². The summed E-state index contributed by atoms with van der Waals surface area (Å²) in [4.78, 5) is 1.01. The van der Waals surface area contributed by atoms with Crippen LogP contribution in [0.3, 0.4) is 0 Å². The van der Waals surface area contributed by atoms with Gasteiger partial charge in [0, 0.05) is 4.90 Å². The highest BCUT2D eigenvalue weighted by atomic mass is 32.1. The van der Waals surface area contributed by atoms with Crippen LogP contribution in [-0.4, -0.2) is 0 Å². The van der Waals surface area contributed by atoms with Crippen molar-refractivity contribution in [2.75, 3.05) is 0 Å². The summed E-state index contributed by atoms with van der Waals surface area (Å²) in [6.07, 6.45) is 0. The Balaban J connectivity index is 1.96. The van der Waals surface area contributed by atoms with Gasteiger partial charge in [-0.2, -0.15) is 0 Å². The maximum Gasteiger partial charge on any atom is 0.0119 e. The van der Waals surface area contributed by atoms with Crippen molar-refractivity contribution in [1.29, 1.82) is 0 Å². The summed E-state index contributed by atoms with van der Waals surface area (Å²) in [6, 6.07) is 32.4. The fraction of sp³-hybridized carbons (Fsp3) is 0. The molecule has 0 fully saturated rings. The van der Waals surface area contributed by atoms with Crippen LogP contribution in [0.25, 0.3) is 43.4 Å². The van der Waals surface area contributed by atoms with E-state index in [0.29, 0.717) is 0 Å². The molecule has 0 aliphatic carbocycles. The average molecular weight is 336 g/mol. The molecule has 0 radical (unpaired) electrons. The van der Waals surface area contributed by atoms with E-state index in [4.69, 9.17) is 0 Å². The predicted octanol–water partition coefficient (Wildman–Crippen LogP) is 7.10. The predicted molar refractivity (Wildman–Crippen MR) is 112 cm³/mol. The van der Waals surface area contributed by atoms with Crippen molar-refractivity contribution >= 4 is 44.9 Å². The van der Waals surface area contributed by atoms with Gasteiger partial charge in [-0.15, -0.1) is 12.6 Å². The summed E-state index contributed by atoms with van der Waals surface area (Å²) in [6.45, 7) is 0. The highest BCUT2D eigenvalue weighted by molar-refractivity contribution is 7.80. The molecule has 0 saturated heterocycles. The van der Waals surface area contributed by atoms with Crippen molar-refractivity contribution in [2.24, 2.45) is 0 Å². The fourth-order valence-corrected chi connectivity index (χ4v) is 4.08. The molecular formula is C24H16S. The van der Waals surface area contributed by atoms with Gasteiger partial charge in [0.15, 0.2) is 0 Å². The summed E-state index contributed by atoms with van der Waals surface area (Å²) in [5.41, 5.74) is 2.38. The lowest BCUT2D eigenvalue weighted by Gasteiger charge is -2.12. The standard InChI is InChI=1S/C24H16S/c25-24-12-6-5-7-17(24)16-13-14-22-20-10-2-1-8-18(20)19-9-3-4-11-21(19)23(22)15-16/h1-15,25H. The van der Waals surface area contributed by atoms with Gasteiger partial charge < -0.3 is 0 Å². The van der Waals surface area contributed by atoms with Crippen LogP contribution >= 0.6 is 12.6 Å². The molecule has 25 heavy (non-hydrogen) atoms. The van der Waals surface area contributed by atoms with Gasteiger partial charge in [0.1, 0.15) is 0 Å². The van der Waals surface area contributed by atoms with Crippen molar-refractivity contribution < 1.29 is 0 Å². The Morgan fingerprint density at radius 1 is 0.440 bits per heavy atom. The van der Waals surface area contributed by atoms with E-state index in [1.807, 2.05) is 12.1 Å². The van der Waals surface area contributed by atoms with Crippen LogP contribution in [0.5, 0.6) is 0 Å². The Bertz CT molecular complexity index is 1220. The minimum Gasteiger partial charge on any atom is -0.143 e. The molecule has 0 nitrogen and oxygen atoms in total. The normalized spacial score (nSPS) is 11.4. The first-order chi connectivity index (χ1) is 12.3. The molecule has 0 heterocycles. The Hall–Kier alpha value is -2.77. The third-order valence-electron chi connectivity index (χ3n) is 4.96. The Morgan fingerprint density at radius 3 is 1.52 bits per heavy atom. The summed E-state index contributed by atoms with van der Waals surface area (Å²) in [5.74, 6) is 0. The van der Waals surface area contributed by atoms with Gasteiger partial charge in [0.25, 0.3) is 0 Å². The van der Waals surface area contributed by atoms with Gasteiger partial charge in [-0.05, 0) is 55.6 Å². The Morgan fingerprint density at radius 2 is 0.920 bits per heavy atom. The molecule has 0 saturated carbocycles. The first-order valence-electron chi connectivity index (χ1n) is 8.44. The van der Waals surface area contributed by atoms with E-state index in [2.05, 4.69) is 91.5 Å². The summed E-state index contributed by atoms with van der Waals surface area (Å²) < 4.78 is 0. The molecule has 0 atom stereocenters. The lowest BCUT2D eigenvalue weighted by molar-refractivity contribution is 1.46. The molecule has 5 aromatic rings. The number of hydrogen-bond donors (Lipinski definition) is 1. The van der Waals surface area contributed by atoms with Crippen molar-refractivity contribution in [3.8, 4) is 11.1 Å². The van der Waals surface area contributed by atoms with Gasteiger partial charge in [0.05, 0.1) is 0 Å². The molecule has 0 bridgehead atoms. The smallest absolute Gasteiger partial charge is 0.0119 e. The van der Waals surface area contributed by atoms with E-state index < -0.39 is 0 Å². The summed E-state index contributed by atoms with van der Waals surface area (Å²) in [7, 11) is 0. The molecule has 0 N–H and O–H groups in total. The molecule has 0 amide bonds. The second-order valence-corrected chi connectivity index (χ2v) is 6.85. The molecule has 0 aliphatic heterocycles. The second-order valence-electron chi connectivity index (χ2n) is 6.37. The topological polar surface area (TPSA) is 0 Å². The second kappa shape index (κ2) is 5.65. The SMILES string of the molecule is Sc1ccccc1-c1ccc2c3ccccc3c3ccccc3c2c1. The summed E-state index contributed by atoms with van der Waals surface area (Å²) in [5, 5.41) is 7.82. The number of hydrogen-bond acceptors (Lipinski definition) is 1. The molecular weight excluding hydrogens is 320 g/mol. The lowest BCUT2D eigenvalue weighted by Crippen LogP contribution is -1.85. The molecule has 0 spiro atoms. The van der Waals surface area contributed by atoms with Gasteiger partial charge in [-0.3, -0.25) is 0 Å². The van der Waals surface area contributed by atoms with Gasteiger partial charge in [-0.1, -0.05) is 78.9 Å². The van der Waals surface area contributed by atoms with Crippen molar-refractivity contribution in [3.63, 3.8) is 0 Å². The van der Waals surface area contributed by atoms with E-state index in [1.165, 1.54) is 43.4 Å². The monoisotopic (exact) mass is 336 g/mol. The molecule has 5 aromatic carbocycles. The minimum atomic E-state index is 1.01. The summed E-state index contributed by atoms with van der Waals surface area (Å²) >= 11 is 4.64. The minimum absolute atomic E-state index is 1.01. The molecule has 0 unspecified atom stereocenters. The van der Waals surface area contributed by atoms with Gasteiger partial charge in [-0.25, -0.2) is 0 Å². The number of benzene rings is 5. The first-order valence-corrected chi connectivity index (χ1v) is 8.89. The van der Waals surface area contributed by atoms with Gasteiger partial charge in [0.2, 0.25) is 0 Å². The lowest BCUT2D eigenvalue weighted by atomic mass is 9.92. The van der Waals surface area contributed by atoms with E-state index in [9.17, 15) is 0 Å². The third kappa shape index (κ3) is 2.24. The van der Waals surface area contributed by atoms with Crippen molar-refractivity contribution in [2.45, 2.75) is 4.90 Å². The zero-order chi connectivity index (χ0) is 16.8. The highest BCUT2D eigenvalue weighted by Crippen LogP contribution is 2.37. The molecule has 5 rings (SSSR count). The number of fused-ring (bicyclic) bond motifs is 6. The third-order valence-corrected chi connectivity index (χ3v) is 5.35. The highest BCUT2D eigenvalue weighted by Gasteiger charge is 2.10. The van der Waals surface area contributed by atoms with Crippen LogP contribution < -0.4 is 0 Å². The largest absolute Gasteiger partial charge is 0.143 e. The van der Waals surface area contributed by atoms with E-state index in [0.717, 1.165) is 4.90 Å². The maximum absolute atomic E-state index is 4.64. The van der Waals surface area contributed by atoms with E-state index in [-0.39, 0.29) is 0 Å². The fourth-order valence-electron chi connectivity index (χ4n) is 3.79. The number of rotatable bonds is 1. The van der Waals surface area contributed by atoms with Crippen LogP contribution in [0, 0.1) is 0 Å². The van der Waals surface area contributed by atoms with Crippen LogP contribution in [0.1, 0.15) is 0 Å². The maximum atomic E-state index is 4.64. The molecule has 118 valence electrons.